The topological polar surface area (TPSA) is 130 Å². The summed E-state index contributed by atoms with van der Waals surface area (Å²) in [5, 5.41) is 2.99. The maximum atomic E-state index is 13.2. The van der Waals surface area contributed by atoms with E-state index in [0.29, 0.717) is 44.1 Å². The molecule has 2 heterocycles. The van der Waals surface area contributed by atoms with Crippen LogP contribution in [0.15, 0.2) is 58.3 Å². The fraction of sp³-hybridized carbons (Fsp3) is 0.500. The summed E-state index contributed by atoms with van der Waals surface area (Å²) in [6.45, 7) is 5.41. The molecule has 2 saturated heterocycles. The number of ether oxygens (including phenoxy) is 1. The van der Waals surface area contributed by atoms with E-state index < -0.39 is 20.0 Å². The number of Topliss-reactive ketones (excluding diaryl/α,β-unsaturated/α-hetero) is 1. The lowest BCUT2D eigenvalue weighted by molar-refractivity contribution is -0.149. The van der Waals surface area contributed by atoms with Crippen molar-refractivity contribution in [3.05, 3.63) is 54.1 Å². The highest BCUT2D eigenvalue weighted by Gasteiger charge is 2.33. The maximum absolute atomic E-state index is 13.2. The van der Waals surface area contributed by atoms with E-state index in [0.717, 1.165) is 12.8 Å². The maximum Gasteiger partial charge on any atom is 0.309 e. The van der Waals surface area contributed by atoms with Gasteiger partial charge in [0.2, 0.25) is 20.0 Å². The van der Waals surface area contributed by atoms with Gasteiger partial charge < -0.3 is 10.1 Å². The quantitative estimate of drug-likeness (QED) is 0.329. The second-order valence-corrected chi connectivity index (χ2v) is 14.2. The molecular weight excluding hydrogens is 554 g/mol. The van der Waals surface area contributed by atoms with Gasteiger partial charge in [-0.15, -0.1) is 0 Å². The van der Waals surface area contributed by atoms with Crippen LogP contribution in [0.2, 0.25) is 0 Å². The summed E-state index contributed by atoms with van der Waals surface area (Å²) in [5.41, 5.74) is 0.820. The summed E-state index contributed by atoms with van der Waals surface area (Å²) in [7, 11) is -7.40. The number of nitrogens with zero attached hydrogens (tertiary/aromatic N) is 2. The van der Waals surface area contributed by atoms with Gasteiger partial charge in [0.1, 0.15) is 0 Å². The molecule has 1 unspecified atom stereocenters. The van der Waals surface area contributed by atoms with Gasteiger partial charge in [0.15, 0.2) is 5.78 Å². The van der Waals surface area contributed by atoms with Gasteiger partial charge in [-0.25, -0.2) is 16.8 Å². The molecule has 4 rings (SSSR count). The van der Waals surface area contributed by atoms with Crippen LogP contribution >= 0.6 is 0 Å². The Morgan fingerprint density at radius 3 is 2.23 bits per heavy atom. The normalized spacial score (nSPS) is 19.7. The predicted molar refractivity (Wildman–Crippen MR) is 151 cm³/mol. The molecule has 0 bridgehead atoms. The summed E-state index contributed by atoms with van der Waals surface area (Å²) in [5.74, 6) is -0.592. The van der Waals surface area contributed by atoms with E-state index in [-0.39, 0.29) is 52.7 Å². The molecule has 218 valence electrons. The van der Waals surface area contributed by atoms with Crippen molar-refractivity contribution in [2.45, 2.75) is 49.3 Å². The molecule has 40 heavy (non-hydrogen) atoms. The minimum Gasteiger partial charge on any atom is -0.466 e. The van der Waals surface area contributed by atoms with Crippen molar-refractivity contribution in [3.63, 3.8) is 0 Å². The first-order valence-corrected chi connectivity index (χ1v) is 16.5. The lowest BCUT2D eigenvalue weighted by Crippen LogP contribution is -2.40. The van der Waals surface area contributed by atoms with Crippen LogP contribution in [0.5, 0.6) is 0 Å². The number of benzene rings is 2. The average molecular weight is 592 g/mol. The zero-order valence-electron chi connectivity index (χ0n) is 22.9. The molecule has 2 aliphatic heterocycles. The smallest absolute Gasteiger partial charge is 0.309 e. The zero-order valence-corrected chi connectivity index (χ0v) is 24.5. The van der Waals surface area contributed by atoms with Crippen molar-refractivity contribution in [1.29, 1.82) is 0 Å². The molecule has 0 spiro atoms. The Hall–Kier alpha value is -2.80. The van der Waals surface area contributed by atoms with Crippen molar-refractivity contribution < 1.29 is 31.2 Å². The fourth-order valence-corrected chi connectivity index (χ4v) is 8.23. The summed E-state index contributed by atoms with van der Waals surface area (Å²) < 4.78 is 60.3. The van der Waals surface area contributed by atoms with Crippen molar-refractivity contribution in [2.24, 2.45) is 11.8 Å². The molecule has 2 aliphatic rings. The second-order valence-electron chi connectivity index (χ2n) is 10.4. The molecule has 10 nitrogen and oxygen atoms in total. The first kappa shape index (κ1) is 30.2. The third kappa shape index (κ3) is 6.91. The van der Waals surface area contributed by atoms with Crippen LogP contribution in [0.1, 0.15) is 49.9 Å². The minimum absolute atomic E-state index is 0.0227. The van der Waals surface area contributed by atoms with Crippen molar-refractivity contribution in [2.75, 3.05) is 44.6 Å². The Bertz CT molecular complexity index is 1420. The summed E-state index contributed by atoms with van der Waals surface area (Å²) in [6, 6.07) is 12.2. The molecule has 0 aliphatic carbocycles. The molecule has 0 saturated carbocycles. The number of hydrogen-bond acceptors (Lipinski definition) is 8. The molecule has 2 fully saturated rings. The van der Waals surface area contributed by atoms with Gasteiger partial charge in [-0.1, -0.05) is 19.1 Å². The van der Waals surface area contributed by atoms with E-state index >= 15 is 0 Å². The SMILES string of the molecule is CCOC(=O)C1CCN(S(=O)(=O)c2cccc(C(=O)CNc3ccc(S(=O)(=O)N4CCCC(C)C4)cc3)c2)CC1. The van der Waals surface area contributed by atoms with Crippen LogP contribution in [0, 0.1) is 11.8 Å². The van der Waals surface area contributed by atoms with Gasteiger partial charge >= 0.3 is 5.97 Å². The highest BCUT2D eigenvalue weighted by atomic mass is 32.2. The number of sulfonamides is 2. The molecule has 1 atom stereocenters. The van der Waals surface area contributed by atoms with Crippen LogP contribution in [0.4, 0.5) is 5.69 Å². The highest BCUT2D eigenvalue weighted by molar-refractivity contribution is 7.89. The largest absolute Gasteiger partial charge is 0.466 e. The number of carbonyl (C=O) groups excluding carboxylic acids is 2. The number of anilines is 1. The standard InChI is InChI=1S/C28H37N3O7S2/c1-3-38-28(33)22-13-16-30(17-14-22)40(36,37)26-8-4-7-23(18-26)27(32)19-29-24-9-11-25(12-10-24)39(34,35)31-15-5-6-21(2)20-31/h4,7-12,18,21-22,29H,3,5-6,13-17,19-20H2,1-2H3. The Morgan fingerprint density at radius 1 is 0.900 bits per heavy atom. The molecule has 12 heteroatoms. The zero-order chi connectivity index (χ0) is 28.9. The van der Waals surface area contributed by atoms with Crippen LogP contribution < -0.4 is 5.32 Å². The molecule has 0 aromatic heterocycles. The lowest BCUT2D eigenvalue weighted by Gasteiger charge is -2.30. The predicted octanol–water partition coefficient (Wildman–Crippen LogP) is 3.37. The van der Waals surface area contributed by atoms with Crippen LogP contribution in [-0.2, 0) is 29.6 Å². The molecule has 0 radical (unpaired) electrons. The van der Waals surface area contributed by atoms with Gasteiger partial charge in [-0.05, 0) is 74.9 Å². The Kier molecular flexibility index (Phi) is 9.65. The van der Waals surface area contributed by atoms with E-state index in [4.69, 9.17) is 4.74 Å². The minimum atomic E-state index is -3.83. The summed E-state index contributed by atoms with van der Waals surface area (Å²) >= 11 is 0. The van der Waals surface area contributed by atoms with E-state index in [1.54, 1.807) is 25.1 Å². The Morgan fingerprint density at radius 2 is 1.57 bits per heavy atom. The van der Waals surface area contributed by atoms with Gasteiger partial charge in [0.05, 0.1) is 28.9 Å². The van der Waals surface area contributed by atoms with E-state index in [2.05, 4.69) is 5.32 Å². The first-order valence-electron chi connectivity index (χ1n) is 13.7. The third-order valence-electron chi connectivity index (χ3n) is 7.43. The molecule has 1 N–H and O–H groups in total. The molecule has 2 aromatic carbocycles. The monoisotopic (exact) mass is 591 g/mol. The summed E-state index contributed by atoms with van der Waals surface area (Å²) in [4.78, 5) is 25.1. The number of rotatable bonds is 10. The highest BCUT2D eigenvalue weighted by Crippen LogP contribution is 2.26. The number of ketones is 1. The van der Waals surface area contributed by atoms with Crippen molar-refractivity contribution >= 4 is 37.5 Å². The number of hydrogen-bond donors (Lipinski definition) is 1. The molecule has 2 aromatic rings. The van der Waals surface area contributed by atoms with E-state index in [9.17, 15) is 26.4 Å². The lowest BCUT2D eigenvalue weighted by atomic mass is 9.98. The fourth-order valence-electron chi connectivity index (χ4n) is 5.11. The van der Waals surface area contributed by atoms with Crippen molar-refractivity contribution in [1.82, 2.24) is 8.61 Å². The molecule has 0 amide bonds. The molecular formula is C28H37N3O7S2. The number of esters is 1. The van der Waals surface area contributed by atoms with E-state index in [1.807, 2.05) is 6.92 Å². The van der Waals surface area contributed by atoms with E-state index in [1.165, 1.54) is 38.9 Å². The summed E-state index contributed by atoms with van der Waals surface area (Å²) in [6.07, 6.45) is 2.64. The van der Waals surface area contributed by atoms with Gasteiger partial charge in [0, 0.05) is 37.4 Å². The van der Waals surface area contributed by atoms with Gasteiger partial charge in [0.25, 0.3) is 0 Å². The Labute approximate surface area is 236 Å². The van der Waals surface area contributed by atoms with Crippen molar-refractivity contribution in [3.8, 4) is 0 Å². The van der Waals surface area contributed by atoms with Gasteiger partial charge in [-0.3, -0.25) is 9.59 Å². The van der Waals surface area contributed by atoms with Crippen LogP contribution in [-0.4, -0.2) is 76.5 Å². The number of nitrogens with one attached hydrogen (secondary N) is 1. The Balaban J connectivity index is 1.36. The number of carbonyl (C=O) groups is 2. The first-order chi connectivity index (χ1) is 19.0. The van der Waals surface area contributed by atoms with Crippen LogP contribution in [0.3, 0.4) is 0 Å². The average Bonchev–Trinajstić information content (AvgIpc) is 2.96. The van der Waals surface area contributed by atoms with Crippen LogP contribution in [0.25, 0.3) is 0 Å². The number of piperidine rings is 2. The van der Waals surface area contributed by atoms with Gasteiger partial charge in [-0.2, -0.15) is 8.61 Å². The third-order valence-corrected chi connectivity index (χ3v) is 11.2. The second kappa shape index (κ2) is 12.8.